The van der Waals surface area contributed by atoms with Crippen molar-refractivity contribution in [2.45, 2.75) is 26.7 Å². The molecule has 0 heterocycles. The third kappa shape index (κ3) is 2.01. The Morgan fingerprint density at radius 2 is 2.08 bits per heavy atom. The van der Waals surface area contributed by atoms with Crippen LogP contribution in [-0.4, -0.2) is 27.5 Å². The van der Waals surface area contributed by atoms with E-state index >= 15 is 0 Å². The molecular formula is C9H15NO3. The van der Waals surface area contributed by atoms with E-state index in [-0.39, 0.29) is 17.4 Å². The lowest BCUT2D eigenvalue weighted by Gasteiger charge is -2.21. The van der Waals surface area contributed by atoms with Crippen LogP contribution in [0.5, 0.6) is 0 Å². The Morgan fingerprint density at radius 3 is 2.54 bits per heavy atom. The maximum Gasteiger partial charge on any atom is 0.231 e. The van der Waals surface area contributed by atoms with E-state index in [1.807, 2.05) is 13.8 Å². The molecule has 0 unspecified atom stereocenters. The molecule has 0 saturated carbocycles. The summed E-state index contributed by atoms with van der Waals surface area (Å²) in [5.74, 6) is -0.216. The number of rotatable bonds is 1. The number of hydrogen-bond donors (Lipinski definition) is 2. The summed E-state index contributed by atoms with van der Waals surface area (Å²) in [5, 5.41) is 28.5. The molecule has 0 aliphatic heterocycles. The summed E-state index contributed by atoms with van der Waals surface area (Å²) in [6.45, 7) is 3.84. The molecule has 2 N–H and O–H groups in total. The Hall–Kier alpha value is -1.03. The summed E-state index contributed by atoms with van der Waals surface area (Å²) >= 11 is 0. The van der Waals surface area contributed by atoms with Gasteiger partial charge < -0.3 is 10.3 Å². The van der Waals surface area contributed by atoms with Crippen LogP contribution in [0.15, 0.2) is 11.1 Å². The highest BCUT2D eigenvalue weighted by Crippen LogP contribution is 2.26. The van der Waals surface area contributed by atoms with Gasteiger partial charge >= 0.3 is 0 Å². The predicted octanol–water partition coefficient (Wildman–Crippen LogP) is 1.07. The lowest BCUT2D eigenvalue weighted by atomic mass is 9.84. The molecule has 74 valence electrons. The van der Waals surface area contributed by atoms with Gasteiger partial charge in [0, 0.05) is 4.90 Å². The summed E-state index contributed by atoms with van der Waals surface area (Å²) in [6, 6.07) is 0. The van der Waals surface area contributed by atoms with E-state index < -0.39 is 0 Å². The highest BCUT2D eigenvalue weighted by atomic mass is 16.8. The fourth-order valence-electron chi connectivity index (χ4n) is 1.62. The van der Waals surface area contributed by atoms with Crippen molar-refractivity contribution in [2.24, 2.45) is 5.92 Å². The molecule has 0 saturated heterocycles. The molecular weight excluding hydrogens is 170 g/mol. The first-order chi connectivity index (χ1) is 6.06. The topological polar surface area (TPSA) is 66.5 Å². The summed E-state index contributed by atoms with van der Waals surface area (Å²) in [4.78, 5) is -0.100. The van der Waals surface area contributed by atoms with Gasteiger partial charge in [0.15, 0.2) is 0 Å². The van der Waals surface area contributed by atoms with Gasteiger partial charge in [-0.05, 0) is 20.3 Å². The Morgan fingerprint density at radius 1 is 1.46 bits per heavy atom. The zero-order chi connectivity index (χ0) is 10.0. The summed E-state index contributed by atoms with van der Waals surface area (Å²) in [6.07, 6.45) is 1.13. The van der Waals surface area contributed by atoms with Crippen LogP contribution in [0.4, 0.5) is 0 Å². The van der Waals surface area contributed by atoms with Gasteiger partial charge in [0.1, 0.15) is 0 Å². The molecule has 0 aromatic rings. The first-order valence-corrected chi connectivity index (χ1v) is 4.34. The van der Waals surface area contributed by atoms with Gasteiger partial charge in [0.2, 0.25) is 5.71 Å². The second-order valence-electron chi connectivity index (χ2n) is 3.59. The van der Waals surface area contributed by atoms with Crippen LogP contribution in [0.1, 0.15) is 26.7 Å². The molecule has 0 fully saturated rings. The largest absolute Gasteiger partial charge is 0.418 e. The standard InChI is InChI=1S/C9H15NO3/c1-6-3-8(5-11)9(10(12)13)4-7(6)2/h8,11H,3-5H2,1-2H3,(H,12,13)/t8-/m1/s1. The molecule has 4 nitrogen and oxygen atoms in total. The fraction of sp³-hybridized carbons (Fsp3) is 0.667. The van der Waals surface area contributed by atoms with Crippen molar-refractivity contribution in [1.82, 2.24) is 0 Å². The van der Waals surface area contributed by atoms with Crippen molar-refractivity contribution >= 4 is 5.71 Å². The molecule has 4 heteroatoms. The Kier molecular flexibility index (Phi) is 2.93. The molecule has 0 aromatic carbocycles. The van der Waals surface area contributed by atoms with Crippen molar-refractivity contribution in [3.63, 3.8) is 0 Å². The molecule has 0 aromatic heterocycles. The average molecular weight is 185 g/mol. The molecule has 1 rings (SSSR count). The second kappa shape index (κ2) is 3.79. The van der Waals surface area contributed by atoms with Gasteiger partial charge in [0.05, 0.1) is 18.9 Å². The lowest BCUT2D eigenvalue weighted by Crippen LogP contribution is -2.29. The number of nitrogens with zero attached hydrogens (tertiary/aromatic N) is 1. The van der Waals surface area contributed by atoms with E-state index in [2.05, 4.69) is 0 Å². The maximum atomic E-state index is 10.7. The van der Waals surface area contributed by atoms with E-state index in [1.165, 1.54) is 5.57 Å². The van der Waals surface area contributed by atoms with Crippen LogP contribution < -0.4 is 0 Å². The summed E-state index contributed by atoms with van der Waals surface area (Å²) < 4.78 is 0. The van der Waals surface area contributed by atoms with Crippen LogP contribution in [0.3, 0.4) is 0 Å². The molecule has 0 bridgehead atoms. The Balaban J connectivity index is 2.96. The van der Waals surface area contributed by atoms with Crippen LogP contribution in [0, 0.1) is 11.1 Å². The minimum absolute atomic E-state index is 0.0841. The van der Waals surface area contributed by atoms with E-state index in [1.54, 1.807) is 0 Å². The Bertz CT molecular complexity index is 264. The predicted molar refractivity (Wildman–Crippen MR) is 48.6 cm³/mol. The van der Waals surface area contributed by atoms with Gasteiger partial charge in [-0.3, -0.25) is 5.21 Å². The van der Waals surface area contributed by atoms with Crippen molar-refractivity contribution in [2.75, 3.05) is 6.61 Å². The third-order valence-corrected chi connectivity index (χ3v) is 2.66. The van der Waals surface area contributed by atoms with Gasteiger partial charge in [0.25, 0.3) is 0 Å². The molecule has 13 heavy (non-hydrogen) atoms. The highest BCUT2D eigenvalue weighted by Gasteiger charge is 2.29. The van der Waals surface area contributed by atoms with Gasteiger partial charge in [-0.15, -0.1) is 0 Å². The minimum Gasteiger partial charge on any atom is -0.418 e. The Labute approximate surface area is 77.4 Å². The number of aliphatic hydroxyl groups is 1. The first kappa shape index (κ1) is 10.1. The van der Waals surface area contributed by atoms with Gasteiger partial charge in [-0.25, -0.2) is 0 Å². The third-order valence-electron chi connectivity index (χ3n) is 2.66. The average Bonchev–Trinajstić information content (AvgIpc) is 2.08. The fourth-order valence-corrected chi connectivity index (χ4v) is 1.62. The normalized spacial score (nSPS) is 27.8. The van der Waals surface area contributed by atoms with Crippen LogP contribution >= 0.6 is 0 Å². The number of hydrogen-bond acceptors (Lipinski definition) is 3. The van der Waals surface area contributed by atoms with Crippen LogP contribution in [-0.2, 0) is 0 Å². The summed E-state index contributed by atoms with van der Waals surface area (Å²) in [5.41, 5.74) is 2.67. The molecule has 0 spiro atoms. The van der Waals surface area contributed by atoms with Crippen LogP contribution in [0.2, 0.25) is 0 Å². The summed E-state index contributed by atoms with van der Waals surface area (Å²) in [7, 11) is 0. The van der Waals surface area contributed by atoms with Crippen molar-refractivity contribution in [3.8, 4) is 0 Å². The highest BCUT2D eigenvalue weighted by molar-refractivity contribution is 5.86. The zero-order valence-corrected chi connectivity index (χ0v) is 7.95. The monoisotopic (exact) mass is 185 g/mol. The zero-order valence-electron chi connectivity index (χ0n) is 7.95. The van der Waals surface area contributed by atoms with E-state index in [4.69, 9.17) is 10.3 Å². The van der Waals surface area contributed by atoms with Crippen LogP contribution in [0.25, 0.3) is 0 Å². The SMILES string of the molecule is CC1=C(C)C[C@H](CO)/C(=[N+](/[O-])O)C1. The van der Waals surface area contributed by atoms with Crippen molar-refractivity contribution < 1.29 is 15.2 Å². The van der Waals surface area contributed by atoms with Gasteiger partial charge in [-0.1, -0.05) is 11.1 Å². The second-order valence-corrected chi connectivity index (χ2v) is 3.59. The quantitative estimate of drug-likeness (QED) is 0.278. The molecule has 0 amide bonds. The van der Waals surface area contributed by atoms with E-state index in [9.17, 15) is 5.21 Å². The number of aliphatic hydroxyl groups excluding tert-OH is 1. The lowest BCUT2D eigenvalue weighted by molar-refractivity contribution is -0.728. The molecule has 1 aliphatic carbocycles. The van der Waals surface area contributed by atoms with Crippen molar-refractivity contribution in [3.05, 3.63) is 16.4 Å². The maximum absolute atomic E-state index is 10.7. The first-order valence-electron chi connectivity index (χ1n) is 4.34. The van der Waals surface area contributed by atoms with E-state index in [0.717, 1.165) is 5.57 Å². The molecule has 1 aliphatic rings. The molecule has 0 radical (unpaired) electrons. The molecule has 1 atom stereocenters. The van der Waals surface area contributed by atoms with E-state index in [0.29, 0.717) is 18.6 Å². The number of allylic oxidation sites excluding steroid dienone is 2. The van der Waals surface area contributed by atoms with Gasteiger partial charge in [-0.2, -0.15) is 0 Å². The van der Waals surface area contributed by atoms with Crippen molar-refractivity contribution in [1.29, 1.82) is 0 Å². The minimum atomic E-state index is -0.216. The smallest absolute Gasteiger partial charge is 0.231 e.